The molecule has 9 heteroatoms. The summed E-state index contributed by atoms with van der Waals surface area (Å²) in [5, 5.41) is -0.411. The molecule has 5 nitrogen and oxygen atoms in total. The molecule has 0 bridgehead atoms. The lowest BCUT2D eigenvalue weighted by molar-refractivity contribution is -0.127. The predicted octanol–water partition coefficient (Wildman–Crippen LogP) is 1.57. The van der Waals surface area contributed by atoms with Crippen LogP contribution in [0.2, 0.25) is 5.02 Å². The zero-order valence-electron chi connectivity index (χ0n) is 10.7. The van der Waals surface area contributed by atoms with E-state index in [1.165, 1.54) is 4.90 Å². The normalized spacial score (nSPS) is 20.3. The van der Waals surface area contributed by atoms with Crippen LogP contribution in [0.15, 0.2) is 17.0 Å². The van der Waals surface area contributed by atoms with Crippen LogP contribution in [-0.2, 0) is 14.8 Å². The molecular weight excluding hydrogens is 326 g/mol. The minimum atomic E-state index is -4.37. The highest BCUT2D eigenvalue weighted by molar-refractivity contribution is 7.89. The summed E-state index contributed by atoms with van der Waals surface area (Å²) in [6.45, 7) is -0.538. The van der Waals surface area contributed by atoms with E-state index in [2.05, 4.69) is 0 Å². The lowest BCUT2D eigenvalue weighted by Gasteiger charge is -2.18. The summed E-state index contributed by atoms with van der Waals surface area (Å²) in [5.41, 5.74) is 0. The summed E-state index contributed by atoms with van der Waals surface area (Å²) >= 11 is 5.70. The third kappa shape index (κ3) is 2.41. The number of amides is 1. The summed E-state index contributed by atoms with van der Waals surface area (Å²) in [6.07, 6.45) is 1.66. The Balaban J connectivity index is 1.98. The molecule has 1 saturated carbocycles. The highest BCUT2D eigenvalue weighted by Crippen LogP contribution is 2.34. The molecule has 1 aliphatic heterocycles. The van der Waals surface area contributed by atoms with Gasteiger partial charge in [-0.05, 0) is 25.0 Å². The van der Waals surface area contributed by atoms with Crippen molar-refractivity contribution in [2.45, 2.75) is 23.8 Å². The standard InChI is InChI=1S/C12H11ClF2N2O3S/c13-8-3-4-9(14)11(15)12(8)21(19,20)16-5-10(18)17(6-16)7-1-2-7/h3-4,7H,1-2,5-6H2. The highest BCUT2D eigenvalue weighted by Gasteiger charge is 2.44. The molecule has 2 aliphatic rings. The molecule has 1 amide bonds. The number of halogens is 3. The van der Waals surface area contributed by atoms with Gasteiger partial charge in [-0.15, -0.1) is 0 Å². The van der Waals surface area contributed by atoms with Gasteiger partial charge < -0.3 is 4.90 Å². The Bertz CT molecular complexity index is 721. The number of hydrogen-bond donors (Lipinski definition) is 0. The van der Waals surface area contributed by atoms with Gasteiger partial charge in [0.2, 0.25) is 15.9 Å². The third-order valence-corrected chi connectivity index (χ3v) is 5.80. The molecule has 1 aliphatic carbocycles. The van der Waals surface area contributed by atoms with E-state index in [9.17, 15) is 22.0 Å². The molecule has 1 saturated heterocycles. The van der Waals surface area contributed by atoms with Crippen molar-refractivity contribution in [1.29, 1.82) is 0 Å². The van der Waals surface area contributed by atoms with Crippen LogP contribution in [0, 0.1) is 11.6 Å². The smallest absolute Gasteiger partial charge is 0.249 e. The maximum Gasteiger partial charge on any atom is 0.249 e. The lowest BCUT2D eigenvalue weighted by atomic mass is 10.3. The topological polar surface area (TPSA) is 57.7 Å². The Morgan fingerprint density at radius 2 is 1.90 bits per heavy atom. The summed E-state index contributed by atoms with van der Waals surface area (Å²) in [5.74, 6) is -3.17. The van der Waals surface area contributed by atoms with E-state index in [1.54, 1.807) is 0 Å². The molecule has 0 atom stereocenters. The summed E-state index contributed by atoms with van der Waals surface area (Å²) in [4.78, 5) is 12.3. The van der Waals surface area contributed by atoms with Gasteiger partial charge in [0, 0.05) is 6.04 Å². The molecule has 0 spiro atoms. The van der Waals surface area contributed by atoms with E-state index in [-0.39, 0.29) is 25.2 Å². The first kappa shape index (κ1) is 14.7. The van der Waals surface area contributed by atoms with Crippen LogP contribution in [0.3, 0.4) is 0 Å². The Kier molecular flexibility index (Phi) is 3.42. The fourth-order valence-corrected chi connectivity index (χ4v) is 4.17. The van der Waals surface area contributed by atoms with E-state index < -0.39 is 31.6 Å². The highest BCUT2D eigenvalue weighted by atomic mass is 35.5. The SMILES string of the molecule is O=C1CN(S(=O)(=O)c2c(Cl)ccc(F)c2F)CN1C1CC1. The molecule has 2 fully saturated rings. The van der Waals surface area contributed by atoms with Crippen molar-refractivity contribution in [2.24, 2.45) is 0 Å². The van der Waals surface area contributed by atoms with E-state index in [0.717, 1.165) is 29.3 Å². The first-order valence-corrected chi connectivity index (χ1v) is 8.07. The number of carbonyl (C=O) groups is 1. The molecule has 1 heterocycles. The van der Waals surface area contributed by atoms with Gasteiger partial charge in [-0.3, -0.25) is 4.79 Å². The van der Waals surface area contributed by atoms with Gasteiger partial charge in [0.05, 0.1) is 18.2 Å². The quantitative estimate of drug-likeness (QED) is 0.787. The van der Waals surface area contributed by atoms with Crippen LogP contribution in [0.4, 0.5) is 8.78 Å². The molecule has 114 valence electrons. The molecule has 0 aromatic heterocycles. The zero-order chi connectivity index (χ0) is 15.4. The number of nitrogens with zero attached hydrogens (tertiary/aromatic N) is 2. The van der Waals surface area contributed by atoms with E-state index >= 15 is 0 Å². The van der Waals surface area contributed by atoms with Crippen LogP contribution >= 0.6 is 11.6 Å². The minimum Gasteiger partial charge on any atom is -0.325 e. The van der Waals surface area contributed by atoms with Crippen LogP contribution in [0.25, 0.3) is 0 Å². The molecule has 1 aromatic rings. The van der Waals surface area contributed by atoms with E-state index in [4.69, 9.17) is 11.6 Å². The second-order valence-corrected chi connectivity index (χ2v) is 7.31. The Morgan fingerprint density at radius 3 is 2.52 bits per heavy atom. The molecule has 0 radical (unpaired) electrons. The van der Waals surface area contributed by atoms with E-state index in [0.29, 0.717) is 0 Å². The first-order valence-electron chi connectivity index (χ1n) is 6.25. The van der Waals surface area contributed by atoms with Crippen LogP contribution < -0.4 is 0 Å². The molecule has 0 unspecified atom stereocenters. The molecule has 3 rings (SSSR count). The van der Waals surface area contributed by atoms with Gasteiger partial charge in [0.1, 0.15) is 4.90 Å². The maximum atomic E-state index is 13.8. The Hall–Kier alpha value is -1.25. The zero-order valence-corrected chi connectivity index (χ0v) is 12.3. The Labute approximate surface area is 125 Å². The molecule has 21 heavy (non-hydrogen) atoms. The Morgan fingerprint density at radius 1 is 1.24 bits per heavy atom. The van der Waals surface area contributed by atoms with Gasteiger partial charge >= 0.3 is 0 Å². The fraction of sp³-hybridized carbons (Fsp3) is 0.417. The maximum absolute atomic E-state index is 13.8. The fourth-order valence-electron chi connectivity index (χ4n) is 2.28. The summed E-state index contributed by atoms with van der Waals surface area (Å²) < 4.78 is 52.7. The molecule has 0 N–H and O–H groups in total. The molecular formula is C12H11ClF2N2O3S. The van der Waals surface area contributed by atoms with Crippen LogP contribution in [0.1, 0.15) is 12.8 Å². The first-order chi connectivity index (χ1) is 9.82. The summed E-state index contributed by atoms with van der Waals surface area (Å²) in [7, 11) is -4.37. The van der Waals surface area contributed by atoms with Gasteiger partial charge in [-0.2, -0.15) is 4.31 Å². The lowest BCUT2D eigenvalue weighted by Crippen LogP contribution is -2.33. The van der Waals surface area contributed by atoms with E-state index in [1.807, 2.05) is 0 Å². The van der Waals surface area contributed by atoms with Gasteiger partial charge in [0.25, 0.3) is 0 Å². The third-order valence-electron chi connectivity index (χ3n) is 3.53. The van der Waals surface area contributed by atoms with Crippen molar-refractivity contribution in [3.8, 4) is 0 Å². The second kappa shape index (κ2) is 4.89. The minimum absolute atomic E-state index is 0.0468. The summed E-state index contributed by atoms with van der Waals surface area (Å²) in [6, 6.07) is 1.77. The number of hydrogen-bond acceptors (Lipinski definition) is 3. The van der Waals surface area contributed by atoms with Gasteiger partial charge in [-0.25, -0.2) is 17.2 Å². The predicted molar refractivity (Wildman–Crippen MR) is 70.0 cm³/mol. The van der Waals surface area contributed by atoms with Gasteiger partial charge in [-0.1, -0.05) is 11.6 Å². The van der Waals surface area contributed by atoms with Crippen molar-refractivity contribution in [1.82, 2.24) is 9.21 Å². The van der Waals surface area contributed by atoms with Crippen LogP contribution in [-0.4, -0.2) is 42.8 Å². The average Bonchev–Trinajstić information content (AvgIpc) is 3.17. The second-order valence-electron chi connectivity index (χ2n) is 5.02. The number of carbonyl (C=O) groups excluding carboxylic acids is 1. The largest absolute Gasteiger partial charge is 0.325 e. The van der Waals surface area contributed by atoms with Crippen molar-refractivity contribution >= 4 is 27.5 Å². The van der Waals surface area contributed by atoms with Crippen molar-refractivity contribution in [2.75, 3.05) is 13.2 Å². The average molecular weight is 337 g/mol. The van der Waals surface area contributed by atoms with Crippen molar-refractivity contribution in [3.63, 3.8) is 0 Å². The van der Waals surface area contributed by atoms with Gasteiger partial charge in [0.15, 0.2) is 11.6 Å². The molecule has 1 aromatic carbocycles. The van der Waals surface area contributed by atoms with Crippen LogP contribution in [0.5, 0.6) is 0 Å². The monoisotopic (exact) mass is 336 g/mol. The van der Waals surface area contributed by atoms with Crippen molar-refractivity contribution < 1.29 is 22.0 Å². The number of rotatable bonds is 3. The van der Waals surface area contributed by atoms with Crippen molar-refractivity contribution in [3.05, 3.63) is 28.8 Å². The number of benzene rings is 1. The number of sulfonamides is 1.